The van der Waals surface area contributed by atoms with E-state index in [0.717, 1.165) is 16.9 Å². The number of carbonyl (C=O) groups is 2. The lowest BCUT2D eigenvalue weighted by Gasteiger charge is -2.18. The lowest BCUT2D eigenvalue weighted by Crippen LogP contribution is -2.26. The van der Waals surface area contributed by atoms with E-state index in [0.29, 0.717) is 24.5 Å². The van der Waals surface area contributed by atoms with Gasteiger partial charge in [0.2, 0.25) is 5.13 Å². The standard InChI is InChI=1S/C17H21N5O3S/c18-16(19)22-17-21-13(10-26-17)15(25)20-8-4-7-12(9-14(23)24)11-5-2-1-3-6-11/h1-3,5-6,10,12H,4,7-9H2,(H,20,25)(H,23,24)(H4,18,19,21,22)/p-1. The number of carboxylic acid groups (broad SMARTS) is 1. The van der Waals surface area contributed by atoms with Crippen LogP contribution >= 0.6 is 11.3 Å². The zero-order chi connectivity index (χ0) is 18.9. The summed E-state index contributed by atoms with van der Waals surface area (Å²) in [6.45, 7) is 0.407. The smallest absolute Gasteiger partial charge is 0.270 e. The Balaban J connectivity index is 1.84. The van der Waals surface area contributed by atoms with E-state index in [2.05, 4.69) is 15.3 Å². The third-order valence-corrected chi connectivity index (χ3v) is 4.38. The summed E-state index contributed by atoms with van der Waals surface area (Å²) in [4.78, 5) is 30.8. The van der Waals surface area contributed by atoms with Gasteiger partial charge >= 0.3 is 0 Å². The average Bonchev–Trinajstić information content (AvgIpc) is 3.05. The average molecular weight is 374 g/mol. The first kappa shape index (κ1) is 19.4. The Morgan fingerprint density at radius 3 is 2.65 bits per heavy atom. The quantitative estimate of drug-likeness (QED) is 0.330. The second kappa shape index (κ2) is 9.52. The molecule has 138 valence electrons. The number of carboxylic acids is 1. The Kier molecular flexibility index (Phi) is 7.10. The molecule has 0 radical (unpaired) electrons. The van der Waals surface area contributed by atoms with E-state index in [1.54, 1.807) is 5.38 Å². The molecule has 5 N–H and O–H groups in total. The minimum atomic E-state index is -1.09. The van der Waals surface area contributed by atoms with Crippen molar-refractivity contribution in [2.24, 2.45) is 16.5 Å². The number of nitrogens with one attached hydrogen (secondary N) is 1. The van der Waals surface area contributed by atoms with Crippen LogP contribution in [-0.4, -0.2) is 29.4 Å². The maximum absolute atomic E-state index is 12.1. The molecule has 1 aromatic carbocycles. The second-order valence-corrected chi connectivity index (χ2v) is 6.47. The van der Waals surface area contributed by atoms with Crippen LogP contribution in [0, 0.1) is 0 Å². The highest BCUT2D eigenvalue weighted by atomic mass is 32.1. The molecule has 0 bridgehead atoms. The van der Waals surface area contributed by atoms with Gasteiger partial charge in [-0.25, -0.2) is 4.98 Å². The Hall–Kier alpha value is -2.94. The molecule has 0 aliphatic carbocycles. The zero-order valence-corrected chi connectivity index (χ0v) is 14.9. The van der Waals surface area contributed by atoms with Crippen LogP contribution in [0.1, 0.15) is 41.2 Å². The van der Waals surface area contributed by atoms with E-state index in [1.165, 1.54) is 0 Å². The summed E-state index contributed by atoms with van der Waals surface area (Å²) >= 11 is 1.16. The first-order valence-electron chi connectivity index (χ1n) is 8.04. The van der Waals surface area contributed by atoms with Crippen LogP contribution < -0.4 is 21.9 Å². The van der Waals surface area contributed by atoms with Gasteiger partial charge in [-0.3, -0.25) is 4.79 Å². The molecular formula is C17H20N5O3S-. The molecule has 1 amide bonds. The van der Waals surface area contributed by atoms with Crippen molar-refractivity contribution in [2.45, 2.75) is 25.2 Å². The third-order valence-electron chi connectivity index (χ3n) is 3.65. The summed E-state index contributed by atoms with van der Waals surface area (Å²) in [6, 6.07) is 9.41. The molecular weight excluding hydrogens is 354 g/mol. The van der Waals surface area contributed by atoms with Crippen LogP contribution in [0.2, 0.25) is 0 Å². The number of aliphatic carboxylic acids is 1. The van der Waals surface area contributed by atoms with Gasteiger partial charge in [-0.05, 0) is 30.7 Å². The number of aromatic nitrogens is 1. The minimum Gasteiger partial charge on any atom is -0.550 e. The van der Waals surface area contributed by atoms with Crippen molar-refractivity contribution in [1.29, 1.82) is 0 Å². The van der Waals surface area contributed by atoms with Crippen molar-refractivity contribution < 1.29 is 14.7 Å². The third kappa shape index (κ3) is 6.17. The molecule has 1 aromatic heterocycles. The minimum absolute atomic E-state index is 0.0497. The summed E-state index contributed by atoms with van der Waals surface area (Å²) in [5.74, 6) is -1.68. The summed E-state index contributed by atoms with van der Waals surface area (Å²) in [7, 11) is 0. The number of hydrogen-bond donors (Lipinski definition) is 3. The number of nitrogens with two attached hydrogens (primary N) is 2. The van der Waals surface area contributed by atoms with E-state index >= 15 is 0 Å². The van der Waals surface area contributed by atoms with E-state index in [1.807, 2.05) is 30.3 Å². The molecule has 26 heavy (non-hydrogen) atoms. The number of nitrogens with zero attached hydrogens (tertiary/aromatic N) is 2. The molecule has 0 saturated carbocycles. The van der Waals surface area contributed by atoms with Gasteiger partial charge in [-0.15, -0.1) is 11.3 Å². The van der Waals surface area contributed by atoms with E-state index < -0.39 is 5.97 Å². The molecule has 0 spiro atoms. The highest BCUT2D eigenvalue weighted by Gasteiger charge is 2.13. The molecule has 2 aromatic rings. The maximum atomic E-state index is 12.1. The molecule has 8 nitrogen and oxygen atoms in total. The number of aliphatic imine (C=N–C) groups is 1. The number of thiazole rings is 1. The number of amides is 1. The van der Waals surface area contributed by atoms with E-state index in [9.17, 15) is 14.7 Å². The summed E-state index contributed by atoms with van der Waals surface area (Å²) in [5.41, 5.74) is 11.7. The normalized spacial score (nSPS) is 11.5. The molecule has 1 unspecified atom stereocenters. The van der Waals surface area contributed by atoms with Crippen molar-refractivity contribution in [2.75, 3.05) is 6.54 Å². The molecule has 2 rings (SSSR count). The fraction of sp³-hybridized carbons (Fsp3) is 0.294. The van der Waals surface area contributed by atoms with Gasteiger partial charge in [0.15, 0.2) is 5.96 Å². The topological polar surface area (TPSA) is 147 Å². The van der Waals surface area contributed by atoms with Gasteiger partial charge in [0.05, 0.1) is 0 Å². The fourth-order valence-electron chi connectivity index (χ4n) is 2.48. The lowest BCUT2D eigenvalue weighted by atomic mass is 9.91. The Labute approximate surface area is 155 Å². The largest absolute Gasteiger partial charge is 0.550 e. The molecule has 0 saturated heterocycles. The SMILES string of the molecule is NC(N)=Nc1nc(C(=O)NCCCC(CC(=O)[O-])c2ccccc2)cs1. The van der Waals surface area contributed by atoms with Gasteiger partial charge in [-0.1, -0.05) is 30.3 Å². The number of hydrogen-bond acceptors (Lipinski definition) is 6. The molecule has 0 aliphatic heterocycles. The van der Waals surface area contributed by atoms with Crippen molar-refractivity contribution in [3.8, 4) is 0 Å². The summed E-state index contributed by atoms with van der Waals surface area (Å²) in [6.07, 6.45) is 1.20. The van der Waals surface area contributed by atoms with Crippen molar-refractivity contribution in [1.82, 2.24) is 10.3 Å². The first-order valence-corrected chi connectivity index (χ1v) is 8.92. The number of guanidine groups is 1. The maximum Gasteiger partial charge on any atom is 0.270 e. The Morgan fingerprint density at radius 2 is 2.00 bits per heavy atom. The Morgan fingerprint density at radius 1 is 1.27 bits per heavy atom. The molecule has 1 heterocycles. The van der Waals surface area contributed by atoms with Crippen LogP contribution in [0.15, 0.2) is 40.7 Å². The predicted molar refractivity (Wildman–Crippen MR) is 98.0 cm³/mol. The van der Waals surface area contributed by atoms with Crippen LogP contribution in [0.3, 0.4) is 0 Å². The Bertz CT molecular complexity index is 772. The number of rotatable bonds is 9. The highest BCUT2D eigenvalue weighted by molar-refractivity contribution is 7.13. The second-order valence-electron chi connectivity index (χ2n) is 5.63. The first-order chi connectivity index (χ1) is 12.5. The zero-order valence-electron chi connectivity index (χ0n) is 14.1. The van der Waals surface area contributed by atoms with Crippen LogP contribution in [0.4, 0.5) is 5.13 Å². The van der Waals surface area contributed by atoms with Crippen LogP contribution in [0.25, 0.3) is 0 Å². The highest BCUT2D eigenvalue weighted by Crippen LogP contribution is 2.24. The van der Waals surface area contributed by atoms with Crippen molar-refractivity contribution in [3.63, 3.8) is 0 Å². The number of benzene rings is 1. The lowest BCUT2D eigenvalue weighted by molar-refractivity contribution is -0.306. The molecule has 0 aliphatic rings. The molecule has 1 atom stereocenters. The summed E-state index contributed by atoms with van der Waals surface area (Å²) < 4.78 is 0. The van der Waals surface area contributed by atoms with Crippen molar-refractivity contribution >= 4 is 34.3 Å². The number of carbonyl (C=O) groups excluding carboxylic acids is 2. The van der Waals surface area contributed by atoms with Crippen LogP contribution in [0.5, 0.6) is 0 Å². The monoisotopic (exact) mass is 374 g/mol. The van der Waals surface area contributed by atoms with E-state index in [4.69, 9.17) is 11.5 Å². The fourth-order valence-corrected chi connectivity index (χ4v) is 3.17. The predicted octanol–water partition coefficient (Wildman–Crippen LogP) is 0.482. The van der Waals surface area contributed by atoms with Crippen molar-refractivity contribution in [3.05, 3.63) is 47.0 Å². The van der Waals surface area contributed by atoms with Gasteiger partial charge in [-0.2, -0.15) is 4.99 Å². The van der Waals surface area contributed by atoms with Crippen LogP contribution in [-0.2, 0) is 4.79 Å². The van der Waals surface area contributed by atoms with Gasteiger partial charge < -0.3 is 26.7 Å². The van der Waals surface area contributed by atoms with Gasteiger partial charge in [0, 0.05) is 17.9 Å². The van der Waals surface area contributed by atoms with E-state index in [-0.39, 0.29) is 29.9 Å². The molecule has 0 fully saturated rings. The summed E-state index contributed by atoms with van der Waals surface area (Å²) in [5, 5.41) is 15.6. The van der Waals surface area contributed by atoms with Gasteiger partial charge in [0.1, 0.15) is 5.69 Å². The molecule has 9 heteroatoms. The van der Waals surface area contributed by atoms with Gasteiger partial charge in [0.25, 0.3) is 5.91 Å².